The smallest absolute Gasteiger partial charge is 0.150 e. The molecule has 2 aromatic carbocycles. The maximum atomic E-state index is 10.1. The van der Waals surface area contributed by atoms with Crippen LogP contribution in [0.15, 0.2) is 48.5 Å². The van der Waals surface area contributed by atoms with Gasteiger partial charge in [0.05, 0.1) is 0 Å². The summed E-state index contributed by atoms with van der Waals surface area (Å²) in [5.74, 6) is 0. The van der Waals surface area contributed by atoms with E-state index in [0.29, 0.717) is 0 Å². The molecule has 0 amide bonds. The van der Waals surface area contributed by atoms with Gasteiger partial charge in [0.2, 0.25) is 0 Å². The summed E-state index contributed by atoms with van der Waals surface area (Å²) in [5, 5.41) is 0. The van der Waals surface area contributed by atoms with Crippen LogP contribution in [0.5, 0.6) is 0 Å². The van der Waals surface area contributed by atoms with Crippen LogP contribution in [0.3, 0.4) is 0 Å². The zero-order chi connectivity index (χ0) is 14.3. The fourth-order valence-electron chi connectivity index (χ4n) is 1.49. The predicted molar refractivity (Wildman–Crippen MR) is 82.1 cm³/mol. The van der Waals surface area contributed by atoms with Gasteiger partial charge in [0.25, 0.3) is 0 Å². The Morgan fingerprint density at radius 1 is 0.789 bits per heavy atom. The molecular formula is C17H21NO. The second-order valence-electron chi connectivity index (χ2n) is 4.76. The lowest BCUT2D eigenvalue weighted by Gasteiger charge is -2.11. The molecule has 19 heavy (non-hydrogen) atoms. The Labute approximate surface area is 115 Å². The van der Waals surface area contributed by atoms with Crippen LogP contribution in [0.25, 0.3) is 0 Å². The van der Waals surface area contributed by atoms with E-state index >= 15 is 0 Å². The van der Waals surface area contributed by atoms with E-state index in [0.717, 1.165) is 11.8 Å². The molecule has 0 N–H and O–H groups in total. The lowest BCUT2D eigenvalue weighted by Crippen LogP contribution is -2.07. The number of nitrogens with zero attached hydrogens (tertiary/aromatic N) is 1. The van der Waals surface area contributed by atoms with E-state index in [1.807, 2.05) is 45.3 Å². The summed E-state index contributed by atoms with van der Waals surface area (Å²) >= 11 is 0. The van der Waals surface area contributed by atoms with Crippen molar-refractivity contribution in [3.8, 4) is 0 Å². The maximum Gasteiger partial charge on any atom is 0.150 e. The van der Waals surface area contributed by atoms with Gasteiger partial charge in [0, 0.05) is 25.3 Å². The molecule has 0 unspecified atom stereocenters. The quantitative estimate of drug-likeness (QED) is 0.759. The molecule has 0 fully saturated rings. The lowest BCUT2D eigenvalue weighted by atomic mass is 10.2. The Hall–Kier alpha value is -2.09. The lowest BCUT2D eigenvalue weighted by molar-refractivity contribution is 0.112. The topological polar surface area (TPSA) is 20.3 Å². The summed E-state index contributed by atoms with van der Waals surface area (Å²) in [6.07, 6.45) is 0.847. The molecular weight excluding hydrogens is 234 g/mol. The van der Waals surface area contributed by atoms with Crippen LogP contribution in [0.4, 0.5) is 5.69 Å². The molecule has 0 heterocycles. The van der Waals surface area contributed by atoms with E-state index in [4.69, 9.17) is 0 Å². The first-order chi connectivity index (χ1) is 9.02. The minimum atomic E-state index is 0.737. The number of aldehydes is 1. The summed E-state index contributed by atoms with van der Waals surface area (Å²) in [4.78, 5) is 12.2. The molecule has 2 rings (SSSR count). The first-order valence-electron chi connectivity index (χ1n) is 6.29. The van der Waals surface area contributed by atoms with Crippen molar-refractivity contribution in [3.63, 3.8) is 0 Å². The third kappa shape index (κ3) is 5.38. The number of carbonyl (C=O) groups is 1. The van der Waals surface area contributed by atoms with Gasteiger partial charge < -0.3 is 4.90 Å². The van der Waals surface area contributed by atoms with Crippen LogP contribution in [0, 0.1) is 13.8 Å². The fourth-order valence-corrected chi connectivity index (χ4v) is 1.49. The summed E-state index contributed by atoms with van der Waals surface area (Å²) in [5.41, 5.74) is 4.48. The van der Waals surface area contributed by atoms with Crippen LogP contribution in [0.1, 0.15) is 21.5 Å². The SMILES string of the molecule is Cc1ccc(C=O)cc1.Cc1ccc(N(C)C)cc1. The van der Waals surface area contributed by atoms with Crippen LogP contribution in [-0.2, 0) is 0 Å². The van der Waals surface area contributed by atoms with Crippen molar-refractivity contribution in [1.82, 2.24) is 0 Å². The third-order valence-electron chi connectivity index (χ3n) is 2.76. The highest BCUT2D eigenvalue weighted by molar-refractivity contribution is 5.74. The van der Waals surface area contributed by atoms with E-state index in [-0.39, 0.29) is 0 Å². The number of carbonyl (C=O) groups excluding carboxylic acids is 1. The highest BCUT2D eigenvalue weighted by atomic mass is 16.1. The molecule has 0 aromatic heterocycles. The van der Waals surface area contributed by atoms with Crippen molar-refractivity contribution >= 4 is 12.0 Å². The number of anilines is 1. The number of hydrogen-bond acceptors (Lipinski definition) is 2. The molecule has 2 nitrogen and oxygen atoms in total. The summed E-state index contributed by atoms with van der Waals surface area (Å²) in [6, 6.07) is 15.9. The van der Waals surface area contributed by atoms with E-state index in [9.17, 15) is 4.79 Å². The van der Waals surface area contributed by atoms with Crippen molar-refractivity contribution < 1.29 is 4.79 Å². The second kappa shape index (κ2) is 7.37. The van der Waals surface area contributed by atoms with Gasteiger partial charge in [0.1, 0.15) is 6.29 Å². The molecule has 0 saturated heterocycles. The monoisotopic (exact) mass is 255 g/mol. The van der Waals surface area contributed by atoms with Crippen LogP contribution in [0.2, 0.25) is 0 Å². The average Bonchev–Trinajstić information content (AvgIpc) is 2.41. The van der Waals surface area contributed by atoms with Crippen molar-refractivity contribution in [3.05, 3.63) is 65.2 Å². The van der Waals surface area contributed by atoms with Gasteiger partial charge in [-0.25, -0.2) is 0 Å². The normalized spacial score (nSPS) is 9.26. The van der Waals surface area contributed by atoms with Crippen molar-refractivity contribution in [2.75, 3.05) is 19.0 Å². The zero-order valence-corrected chi connectivity index (χ0v) is 12.1. The van der Waals surface area contributed by atoms with Gasteiger partial charge >= 0.3 is 0 Å². The highest BCUT2D eigenvalue weighted by Crippen LogP contribution is 2.10. The van der Waals surface area contributed by atoms with Crippen molar-refractivity contribution in [2.45, 2.75) is 13.8 Å². The minimum absolute atomic E-state index is 0.737. The van der Waals surface area contributed by atoms with Gasteiger partial charge in [-0.1, -0.05) is 47.5 Å². The first kappa shape index (κ1) is 15.0. The zero-order valence-electron chi connectivity index (χ0n) is 12.1. The van der Waals surface area contributed by atoms with Gasteiger partial charge in [0.15, 0.2) is 0 Å². The first-order valence-corrected chi connectivity index (χ1v) is 6.29. The van der Waals surface area contributed by atoms with Gasteiger partial charge in [-0.15, -0.1) is 0 Å². The highest BCUT2D eigenvalue weighted by Gasteiger charge is 1.90. The largest absolute Gasteiger partial charge is 0.378 e. The van der Waals surface area contributed by atoms with Crippen molar-refractivity contribution in [2.24, 2.45) is 0 Å². The Bertz CT molecular complexity index is 498. The van der Waals surface area contributed by atoms with Crippen LogP contribution >= 0.6 is 0 Å². The van der Waals surface area contributed by atoms with Crippen molar-refractivity contribution in [1.29, 1.82) is 0 Å². The molecule has 2 heteroatoms. The van der Waals surface area contributed by atoms with Crippen LogP contribution < -0.4 is 4.90 Å². The number of hydrogen-bond donors (Lipinski definition) is 0. The molecule has 0 radical (unpaired) electrons. The Kier molecular flexibility index (Phi) is 5.80. The van der Waals surface area contributed by atoms with E-state index in [1.54, 1.807) is 0 Å². The minimum Gasteiger partial charge on any atom is -0.378 e. The van der Waals surface area contributed by atoms with E-state index in [1.165, 1.54) is 16.8 Å². The van der Waals surface area contributed by atoms with Crippen LogP contribution in [-0.4, -0.2) is 20.4 Å². The Morgan fingerprint density at radius 2 is 1.21 bits per heavy atom. The average molecular weight is 255 g/mol. The third-order valence-corrected chi connectivity index (χ3v) is 2.76. The molecule has 0 aliphatic carbocycles. The Balaban J connectivity index is 0.000000191. The molecule has 0 aliphatic heterocycles. The molecule has 0 spiro atoms. The molecule has 0 saturated carbocycles. The summed E-state index contributed by atoms with van der Waals surface area (Å²) in [7, 11) is 4.09. The number of rotatable bonds is 2. The number of aryl methyl sites for hydroxylation is 2. The van der Waals surface area contributed by atoms with Gasteiger partial charge in [-0.05, 0) is 26.0 Å². The summed E-state index contributed by atoms with van der Waals surface area (Å²) in [6.45, 7) is 4.09. The van der Waals surface area contributed by atoms with E-state index < -0.39 is 0 Å². The summed E-state index contributed by atoms with van der Waals surface area (Å²) < 4.78 is 0. The number of benzene rings is 2. The molecule has 100 valence electrons. The molecule has 0 bridgehead atoms. The second-order valence-corrected chi connectivity index (χ2v) is 4.76. The standard InChI is InChI=1S/C9H13N.C8H8O/c1-8-4-6-9(7-5-8)10(2)3;1-7-2-4-8(6-9)5-3-7/h4-7H,1-3H3;2-6H,1H3. The molecule has 0 aliphatic rings. The Morgan fingerprint density at radius 3 is 1.58 bits per heavy atom. The predicted octanol–water partition coefficient (Wildman–Crippen LogP) is 3.87. The fraction of sp³-hybridized carbons (Fsp3) is 0.235. The molecule has 0 atom stereocenters. The van der Waals surface area contributed by atoms with E-state index in [2.05, 4.69) is 36.1 Å². The van der Waals surface area contributed by atoms with Gasteiger partial charge in [-0.3, -0.25) is 4.79 Å². The maximum absolute atomic E-state index is 10.1. The van der Waals surface area contributed by atoms with Gasteiger partial charge in [-0.2, -0.15) is 0 Å². The molecule has 2 aromatic rings.